The van der Waals surface area contributed by atoms with Gasteiger partial charge in [-0.05, 0) is 6.42 Å². The predicted octanol–water partition coefficient (Wildman–Crippen LogP) is 3.17. The molecular weight excluding hydrogens is 336 g/mol. The minimum atomic E-state index is -1.55. The maximum atomic E-state index is 11.9. The molecule has 0 bridgehead atoms. The number of carbonyl (C=O) groups excluding carboxylic acids is 2. The fourth-order valence-corrected chi connectivity index (χ4v) is 2.79. The van der Waals surface area contributed by atoms with Gasteiger partial charge < -0.3 is 19.7 Å². The third-order valence-electron chi connectivity index (χ3n) is 4.44. The summed E-state index contributed by atoms with van der Waals surface area (Å²) in [7, 11) is 0. The normalized spacial score (nSPS) is 17.6. The number of cyclic esters (lactones) is 1. The van der Waals surface area contributed by atoms with Crippen LogP contribution in [0.15, 0.2) is 23.8 Å². The van der Waals surface area contributed by atoms with Crippen molar-refractivity contribution in [2.75, 3.05) is 6.61 Å². The van der Waals surface area contributed by atoms with Crippen LogP contribution in [-0.2, 0) is 19.1 Å². The van der Waals surface area contributed by atoms with Gasteiger partial charge in [0, 0.05) is 11.6 Å². The minimum absolute atomic E-state index is 0.101. The summed E-state index contributed by atoms with van der Waals surface area (Å²) in [5, 5.41) is 19.5. The fraction of sp³-hybridized carbons (Fsp3) is 0.700. The summed E-state index contributed by atoms with van der Waals surface area (Å²) in [6.07, 6.45) is 9.77. The molecule has 148 valence electrons. The van der Waals surface area contributed by atoms with Crippen molar-refractivity contribution in [2.24, 2.45) is 0 Å². The van der Waals surface area contributed by atoms with Crippen molar-refractivity contribution < 1.29 is 29.3 Å². The first-order chi connectivity index (χ1) is 12.5. The highest BCUT2D eigenvalue weighted by atomic mass is 16.6. The highest BCUT2D eigenvalue weighted by Crippen LogP contribution is 2.22. The van der Waals surface area contributed by atoms with Crippen LogP contribution >= 0.6 is 0 Å². The van der Waals surface area contributed by atoms with Crippen molar-refractivity contribution >= 4 is 11.9 Å². The minimum Gasteiger partial charge on any atom is -0.462 e. The molecule has 0 radical (unpaired) electrons. The molecule has 6 nitrogen and oxygen atoms in total. The molecule has 0 aromatic rings. The molecule has 1 rings (SSSR count). The molecule has 0 amide bonds. The van der Waals surface area contributed by atoms with Crippen LogP contribution in [0.1, 0.15) is 71.1 Å². The highest BCUT2D eigenvalue weighted by Gasteiger charge is 2.33. The van der Waals surface area contributed by atoms with Crippen molar-refractivity contribution in [3.05, 3.63) is 23.8 Å². The molecule has 1 aliphatic rings. The van der Waals surface area contributed by atoms with Crippen LogP contribution in [0.3, 0.4) is 0 Å². The van der Waals surface area contributed by atoms with E-state index in [0.29, 0.717) is 0 Å². The van der Waals surface area contributed by atoms with Gasteiger partial charge in [-0.1, -0.05) is 71.3 Å². The number of hydrogen-bond acceptors (Lipinski definition) is 6. The van der Waals surface area contributed by atoms with E-state index < -0.39 is 24.3 Å². The summed E-state index contributed by atoms with van der Waals surface area (Å²) >= 11 is 0. The van der Waals surface area contributed by atoms with Crippen LogP contribution in [-0.4, -0.2) is 41.2 Å². The number of carbonyl (C=O) groups is 2. The molecule has 1 aliphatic heterocycles. The molecule has 0 aliphatic carbocycles. The van der Waals surface area contributed by atoms with Crippen molar-refractivity contribution in [1.82, 2.24) is 0 Å². The molecule has 0 aromatic carbocycles. The molecular formula is C20H32O6. The van der Waals surface area contributed by atoms with Crippen molar-refractivity contribution in [1.29, 1.82) is 0 Å². The van der Waals surface area contributed by atoms with Gasteiger partial charge in [0.1, 0.15) is 6.10 Å². The number of unbranched alkanes of at least 4 members (excludes halogenated alkanes) is 9. The Morgan fingerprint density at radius 1 is 1.15 bits per heavy atom. The van der Waals surface area contributed by atoms with Gasteiger partial charge in [0.2, 0.25) is 6.29 Å². The van der Waals surface area contributed by atoms with E-state index in [1.165, 1.54) is 44.9 Å². The van der Waals surface area contributed by atoms with Gasteiger partial charge in [-0.2, -0.15) is 0 Å². The van der Waals surface area contributed by atoms with E-state index in [1.807, 2.05) is 0 Å². The van der Waals surface area contributed by atoms with Crippen LogP contribution in [0.4, 0.5) is 0 Å². The zero-order valence-electron chi connectivity index (χ0n) is 15.7. The highest BCUT2D eigenvalue weighted by molar-refractivity contribution is 5.91. The smallest absolute Gasteiger partial charge is 0.336 e. The number of ether oxygens (including phenoxy) is 2. The number of hydrogen-bond donors (Lipinski definition) is 2. The lowest BCUT2D eigenvalue weighted by atomic mass is 10.0. The van der Waals surface area contributed by atoms with Crippen LogP contribution in [0.25, 0.3) is 0 Å². The van der Waals surface area contributed by atoms with Crippen molar-refractivity contribution in [3.8, 4) is 0 Å². The zero-order valence-corrected chi connectivity index (χ0v) is 15.7. The molecule has 0 fully saturated rings. The average Bonchev–Trinajstić information content (AvgIpc) is 2.96. The van der Waals surface area contributed by atoms with Gasteiger partial charge in [-0.15, -0.1) is 0 Å². The molecule has 1 heterocycles. The van der Waals surface area contributed by atoms with E-state index >= 15 is 0 Å². The zero-order chi connectivity index (χ0) is 19.4. The summed E-state index contributed by atoms with van der Waals surface area (Å²) in [6.45, 7) is 5.96. The molecule has 0 saturated carbocycles. The van der Waals surface area contributed by atoms with Gasteiger partial charge in [0.25, 0.3) is 0 Å². The lowest BCUT2D eigenvalue weighted by Gasteiger charge is -2.16. The van der Waals surface area contributed by atoms with E-state index in [-0.39, 0.29) is 17.8 Å². The maximum Gasteiger partial charge on any atom is 0.336 e. The monoisotopic (exact) mass is 368 g/mol. The molecule has 2 N–H and O–H groups in total. The first-order valence-electron chi connectivity index (χ1n) is 9.61. The second-order valence-electron chi connectivity index (χ2n) is 6.68. The first-order valence-corrected chi connectivity index (χ1v) is 9.61. The summed E-state index contributed by atoms with van der Waals surface area (Å²) in [5.41, 5.74) is -0.323. The predicted molar refractivity (Wildman–Crippen MR) is 98.1 cm³/mol. The van der Waals surface area contributed by atoms with Crippen molar-refractivity contribution in [3.63, 3.8) is 0 Å². The van der Waals surface area contributed by atoms with Gasteiger partial charge in [0.05, 0.1) is 12.2 Å². The number of aliphatic hydroxyl groups excluding tert-OH is 2. The van der Waals surface area contributed by atoms with Gasteiger partial charge >= 0.3 is 11.9 Å². The molecule has 0 saturated heterocycles. The number of esters is 2. The quantitative estimate of drug-likeness (QED) is 0.278. The Hall–Kier alpha value is -1.66. The number of rotatable bonds is 14. The molecule has 2 atom stereocenters. The van der Waals surface area contributed by atoms with E-state index in [1.54, 1.807) is 0 Å². The summed E-state index contributed by atoms with van der Waals surface area (Å²) in [5.74, 6) is -1.50. The third-order valence-corrected chi connectivity index (χ3v) is 4.44. The van der Waals surface area contributed by atoms with Gasteiger partial charge in [0.15, 0.2) is 0 Å². The molecule has 26 heavy (non-hydrogen) atoms. The van der Waals surface area contributed by atoms with Crippen LogP contribution in [0.5, 0.6) is 0 Å². The number of aliphatic hydroxyl groups is 2. The lowest BCUT2D eigenvalue weighted by molar-refractivity contribution is -0.151. The second-order valence-corrected chi connectivity index (χ2v) is 6.68. The topological polar surface area (TPSA) is 93.1 Å². The van der Waals surface area contributed by atoms with Crippen LogP contribution in [0, 0.1) is 0 Å². The van der Waals surface area contributed by atoms with Gasteiger partial charge in [-0.3, -0.25) is 0 Å². The first kappa shape index (κ1) is 22.4. The Morgan fingerprint density at radius 2 is 1.69 bits per heavy atom. The molecule has 0 aromatic heterocycles. The summed E-state index contributed by atoms with van der Waals surface area (Å²) in [4.78, 5) is 22.9. The second kappa shape index (κ2) is 12.7. The third kappa shape index (κ3) is 8.15. The average molecular weight is 368 g/mol. The van der Waals surface area contributed by atoms with Gasteiger partial charge in [-0.25, -0.2) is 9.59 Å². The summed E-state index contributed by atoms with van der Waals surface area (Å²) < 4.78 is 9.55. The molecule has 6 heteroatoms. The Balaban J connectivity index is 2.08. The summed E-state index contributed by atoms with van der Waals surface area (Å²) in [6, 6.07) is 0. The Labute approximate surface area is 155 Å². The van der Waals surface area contributed by atoms with Crippen molar-refractivity contribution in [2.45, 2.75) is 83.5 Å². The standard InChI is InChI=1S/C20H32O6/c1-3-4-5-6-7-8-9-10-11-12-13-25-19(23)15(2)18(22)16-14-17(21)26-20(16)24/h14,18,20,22,24H,2-13H2,1H3. The molecule has 2 unspecified atom stereocenters. The lowest BCUT2D eigenvalue weighted by Crippen LogP contribution is -2.26. The van der Waals surface area contributed by atoms with E-state index in [0.717, 1.165) is 25.3 Å². The maximum absolute atomic E-state index is 11.9. The van der Waals surface area contributed by atoms with E-state index in [4.69, 9.17) is 4.74 Å². The fourth-order valence-electron chi connectivity index (χ4n) is 2.79. The molecule has 0 spiro atoms. The largest absolute Gasteiger partial charge is 0.462 e. The Morgan fingerprint density at radius 3 is 2.19 bits per heavy atom. The SMILES string of the molecule is C=C(C(=O)OCCCCCCCCCCCC)C(O)C1=CC(=O)OC1O. The Bertz CT molecular complexity index is 497. The van der Waals surface area contributed by atoms with E-state index in [9.17, 15) is 19.8 Å². The Kier molecular flexibility index (Phi) is 10.9. The van der Waals surface area contributed by atoms with E-state index in [2.05, 4.69) is 18.2 Å². The van der Waals surface area contributed by atoms with Crippen LogP contribution < -0.4 is 0 Å². The van der Waals surface area contributed by atoms with Crippen LogP contribution in [0.2, 0.25) is 0 Å².